The fourth-order valence-corrected chi connectivity index (χ4v) is 1.51. The van der Waals surface area contributed by atoms with Crippen molar-refractivity contribution in [2.45, 2.75) is 18.4 Å². The van der Waals surface area contributed by atoms with Crippen LogP contribution in [0.3, 0.4) is 0 Å². The molecular weight excluding hydrogens is 170 g/mol. The van der Waals surface area contributed by atoms with Crippen molar-refractivity contribution in [1.82, 2.24) is 5.48 Å². The first-order valence-corrected chi connectivity index (χ1v) is 5.01. The molecule has 0 aromatic heterocycles. The highest BCUT2D eigenvalue weighted by molar-refractivity contribution is 7.98. The summed E-state index contributed by atoms with van der Waals surface area (Å²) in [6.45, 7) is 2.55. The minimum absolute atomic E-state index is 0.514. The first kappa shape index (κ1) is 9.58. The predicted octanol–water partition coefficient (Wildman–Crippen LogP) is 2.20. The minimum Gasteiger partial charge on any atom is -0.316 e. The molecular formula is C9H13NOS. The Kier molecular flexibility index (Phi) is 3.59. The fourth-order valence-electron chi connectivity index (χ4n) is 1.05. The zero-order chi connectivity index (χ0) is 8.97. The van der Waals surface area contributed by atoms with Crippen LogP contribution in [0, 0.1) is 6.92 Å². The molecule has 66 valence electrons. The Labute approximate surface area is 76.9 Å². The van der Waals surface area contributed by atoms with Crippen LogP contribution in [-0.4, -0.2) is 11.5 Å². The molecule has 0 heterocycles. The van der Waals surface area contributed by atoms with Crippen molar-refractivity contribution in [1.29, 1.82) is 0 Å². The van der Waals surface area contributed by atoms with Gasteiger partial charge < -0.3 is 5.21 Å². The molecule has 0 atom stereocenters. The van der Waals surface area contributed by atoms with Gasteiger partial charge in [-0.05, 0) is 36.4 Å². The zero-order valence-electron chi connectivity index (χ0n) is 7.29. The highest BCUT2D eigenvalue weighted by Gasteiger charge is 1.98. The van der Waals surface area contributed by atoms with E-state index in [1.807, 2.05) is 13.2 Å². The lowest BCUT2D eigenvalue weighted by Crippen LogP contribution is -2.07. The molecule has 0 bridgehead atoms. The summed E-state index contributed by atoms with van der Waals surface area (Å²) in [6.07, 6.45) is 2.04. The highest BCUT2D eigenvalue weighted by Crippen LogP contribution is 2.18. The summed E-state index contributed by atoms with van der Waals surface area (Å²) in [7, 11) is 0. The molecule has 0 aliphatic rings. The summed E-state index contributed by atoms with van der Waals surface area (Å²) < 4.78 is 0. The smallest absolute Gasteiger partial charge is 0.0461 e. The monoisotopic (exact) mass is 183 g/mol. The number of nitrogens with one attached hydrogen (secondary N) is 1. The normalized spacial score (nSPS) is 10.2. The number of hydrogen-bond donors (Lipinski definition) is 2. The van der Waals surface area contributed by atoms with Crippen LogP contribution in [0.4, 0.5) is 0 Å². The van der Waals surface area contributed by atoms with Gasteiger partial charge in [-0.1, -0.05) is 6.07 Å². The van der Waals surface area contributed by atoms with Gasteiger partial charge in [-0.2, -0.15) is 0 Å². The van der Waals surface area contributed by atoms with Crippen molar-refractivity contribution < 1.29 is 5.21 Å². The van der Waals surface area contributed by atoms with Crippen molar-refractivity contribution in [3.63, 3.8) is 0 Å². The van der Waals surface area contributed by atoms with Crippen LogP contribution in [0.1, 0.15) is 11.1 Å². The first-order valence-electron chi connectivity index (χ1n) is 3.78. The van der Waals surface area contributed by atoms with Crippen molar-refractivity contribution in [3.05, 3.63) is 29.3 Å². The SMILES string of the molecule is CSc1ccc(C)c(CNO)c1. The maximum Gasteiger partial charge on any atom is 0.0461 e. The Morgan fingerprint density at radius 2 is 2.25 bits per heavy atom. The highest BCUT2D eigenvalue weighted by atomic mass is 32.2. The summed E-state index contributed by atoms with van der Waals surface area (Å²) in [4.78, 5) is 1.23. The third kappa shape index (κ3) is 2.24. The van der Waals surface area contributed by atoms with Crippen molar-refractivity contribution in [2.75, 3.05) is 6.26 Å². The van der Waals surface area contributed by atoms with E-state index >= 15 is 0 Å². The molecule has 0 unspecified atom stereocenters. The summed E-state index contributed by atoms with van der Waals surface area (Å²) in [5.41, 5.74) is 4.51. The minimum atomic E-state index is 0.514. The molecule has 0 radical (unpaired) electrons. The van der Waals surface area contributed by atoms with Crippen molar-refractivity contribution in [2.24, 2.45) is 0 Å². The maximum atomic E-state index is 8.55. The van der Waals surface area contributed by atoms with Crippen molar-refractivity contribution >= 4 is 11.8 Å². The third-order valence-corrected chi connectivity index (χ3v) is 2.55. The van der Waals surface area contributed by atoms with Gasteiger partial charge in [-0.3, -0.25) is 0 Å². The Hall–Kier alpha value is -0.510. The summed E-state index contributed by atoms with van der Waals surface area (Å²) in [6, 6.07) is 6.24. The molecule has 0 aliphatic heterocycles. The Balaban J connectivity index is 2.91. The lowest BCUT2D eigenvalue weighted by atomic mass is 10.1. The van der Waals surface area contributed by atoms with E-state index in [9.17, 15) is 0 Å². The lowest BCUT2D eigenvalue weighted by molar-refractivity contribution is 0.161. The summed E-state index contributed by atoms with van der Waals surface area (Å²) in [5, 5.41) is 8.55. The molecule has 0 aliphatic carbocycles. The van der Waals surface area contributed by atoms with Crippen LogP contribution in [0.5, 0.6) is 0 Å². The van der Waals surface area contributed by atoms with E-state index < -0.39 is 0 Å². The van der Waals surface area contributed by atoms with Gasteiger partial charge in [0.1, 0.15) is 0 Å². The molecule has 3 heteroatoms. The van der Waals surface area contributed by atoms with Gasteiger partial charge in [0.2, 0.25) is 0 Å². The Morgan fingerprint density at radius 3 is 2.83 bits per heavy atom. The van der Waals surface area contributed by atoms with Crippen LogP contribution >= 0.6 is 11.8 Å². The van der Waals surface area contributed by atoms with E-state index in [-0.39, 0.29) is 0 Å². The van der Waals surface area contributed by atoms with Gasteiger partial charge in [0.15, 0.2) is 0 Å². The second-order valence-corrected chi connectivity index (χ2v) is 3.51. The lowest BCUT2D eigenvalue weighted by Gasteiger charge is -2.05. The molecule has 0 spiro atoms. The molecule has 0 saturated carbocycles. The molecule has 2 nitrogen and oxygen atoms in total. The van der Waals surface area contributed by atoms with Gasteiger partial charge in [0.25, 0.3) is 0 Å². The first-order chi connectivity index (χ1) is 5.77. The number of benzene rings is 1. The van der Waals surface area contributed by atoms with E-state index in [4.69, 9.17) is 5.21 Å². The van der Waals surface area contributed by atoms with Crippen LogP contribution in [0.25, 0.3) is 0 Å². The molecule has 1 aromatic carbocycles. The van der Waals surface area contributed by atoms with Gasteiger partial charge in [0.05, 0.1) is 0 Å². The Morgan fingerprint density at radius 1 is 1.50 bits per heavy atom. The van der Waals surface area contributed by atoms with Crippen molar-refractivity contribution in [3.8, 4) is 0 Å². The second kappa shape index (κ2) is 4.50. The summed E-state index contributed by atoms with van der Waals surface area (Å²) >= 11 is 1.71. The molecule has 1 aromatic rings. The number of thioether (sulfide) groups is 1. The van der Waals surface area contributed by atoms with Gasteiger partial charge in [-0.15, -0.1) is 11.8 Å². The second-order valence-electron chi connectivity index (χ2n) is 2.63. The zero-order valence-corrected chi connectivity index (χ0v) is 8.11. The average Bonchev–Trinajstić information content (AvgIpc) is 2.09. The number of rotatable bonds is 3. The summed E-state index contributed by atoms with van der Waals surface area (Å²) in [5.74, 6) is 0. The Bertz CT molecular complexity index is 263. The molecule has 2 N–H and O–H groups in total. The molecule has 0 saturated heterocycles. The largest absolute Gasteiger partial charge is 0.316 e. The standard InChI is InChI=1S/C9H13NOS/c1-7-3-4-9(12-2)5-8(7)6-10-11/h3-5,10-11H,6H2,1-2H3. The van der Waals surface area contributed by atoms with E-state index in [1.165, 1.54) is 10.5 Å². The van der Waals surface area contributed by atoms with Crippen LogP contribution in [-0.2, 0) is 6.54 Å². The van der Waals surface area contributed by atoms with Gasteiger partial charge in [0, 0.05) is 11.4 Å². The topological polar surface area (TPSA) is 32.3 Å². The van der Waals surface area contributed by atoms with Crippen LogP contribution < -0.4 is 5.48 Å². The van der Waals surface area contributed by atoms with E-state index in [1.54, 1.807) is 11.8 Å². The van der Waals surface area contributed by atoms with E-state index in [2.05, 4.69) is 23.7 Å². The number of hydrogen-bond acceptors (Lipinski definition) is 3. The average molecular weight is 183 g/mol. The van der Waals surface area contributed by atoms with E-state index in [0.717, 1.165) is 5.56 Å². The molecule has 0 fully saturated rings. The van der Waals surface area contributed by atoms with Crippen LogP contribution in [0.2, 0.25) is 0 Å². The fraction of sp³-hybridized carbons (Fsp3) is 0.333. The van der Waals surface area contributed by atoms with Crippen LogP contribution in [0.15, 0.2) is 23.1 Å². The van der Waals surface area contributed by atoms with Gasteiger partial charge in [-0.25, -0.2) is 5.48 Å². The third-order valence-electron chi connectivity index (χ3n) is 1.83. The number of aryl methyl sites for hydroxylation is 1. The quantitative estimate of drug-likeness (QED) is 0.556. The van der Waals surface area contributed by atoms with E-state index in [0.29, 0.717) is 6.54 Å². The van der Waals surface area contributed by atoms with Gasteiger partial charge >= 0.3 is 0 Å². The molecule has 12 heavy (non-hydrogen) atoms. The molecule has 0 amide bonds. The molecule has 1 rings (SSSR count). The number of hydroxylamine groups is 1. The maximum absolute atomic E-state index is 8.55. The predicted molar refractivity (Wildman–Crippen MR) is 51.6 cm³/mol.